The molecule has 0 bridgehead atoms. The summed E-state index contributed by atoms with van der Waals surface area (Å²) in [6.07, 6.45) is 5.50. The van der Waals surface area contributed by atoms with Gasteiger partial charge in [-0.25, -0.2) is 4.98 Å². The van der Waals surface area contributed by atoms with Crippen molar-refractivity contribution in [3.8, 4) is 0 Å². The van der Waals surface area contributed by atoms with Gasteiger partial charge in [-0.3, -0.25) is 4.79 Å². The summed E-state index contributed by atoms with van der Waals surface area (Å²) in [5.74, 6) is -0.258. The molecule has 1 aromatic rings. The van der Waals surface area contributed by atoms with Gasteiger partial charge in [-0.1, -0.05) is 23.8 Å². The van der Waals surface area contributed by atoms with Crippen LogP contribution in [-0.2, 0) is 9.53 Å². The fourth-order valence-electron chi connectivity index (χ4n) is 1.07. The van der Waals surface area contributed by atoms with Crippen LogP contribution in [0.5, 0.6) is 0 Å². The molecule has 1 aromatic heterocycles. The van der Waals surface area contributed by atoms with E-state index >= 15 is 0 Å². The van der Waals surface area contributed by atoms with Crippen molar-refractivity contribution >= 4 is 23.6 Å². The number of nitrogens with zero attached hydrogens (tertiary/aromatic N) is 1. The molecular formula is C11H12ClNO2. The fourth-order valence-corrected chi connectivity index (χ4v) is 1.28. The first kappa shape index (κ1) is 11.7. The smallest absolute Gasteiger partial charge is 0.309 e. The Morgan fingerprint density at radius 2 is 2.40 bits per heavy atom. The molecule has 0 fully saturated rings. The first-order valence-corrected chi connectivity index (χ1v) is 4.87. The normalized spacial score (nSPS) is 10.6. The Balaban J connectivity index is 2.68. The van der Waals surface area contributed by atoms with Gasteiger partial charge >= 0.3 is 5.97 Å². The lowest BCUT2D eigenvalue weighted by Crippen LogP contribution is -1.96. The highest BCUT2D eigenvalue weighted by Gasteiger charge is 1.98. The molecule has 15 heavy (non-hydrogen) atoms. The van der Waals surface area contributed by atoms with Gasteiger partial charge in [-0.2, -0.15) is 0 Å². The Kier molecular flexibility index (Phi) is 4.31. The van der Waals surface area contributed by atoms with Gasteiger partial charge in [0.1, 0.15) is 5.15 Å². The predicted molar refractivity (Wildman–Crippen MR) is 59.7 cm³/mol. The first-order chi connectivity index (χ1) is 7.13. The topological polar surface area (TPSA) is 39.2 Å². The average Bonchev–Trinajstić information content (AvgIpc) is 2.21. The number of methoxy groups -OCH3 is 1. The van der Waals surface area contributed by atoms with E-state index in [-0.39, 0.29) is 12.4 Å². The van der Waals surface area contributed by atoms with Gasteiger partial charge in [0, 0.05) is 6.20 Å². The summed E-state index contributed by atoms with van der Waals surface area (Å²) >= 11 is 5.71. The van der Waals surface area contributed by atoms with Crippen LogP contribution in [0.15, 0.2) is 18.3 Å². The quantitative estimate of drug-likeness (QED) is 0.586. The maximum atomic E-state index is 10.8. The summed E-state index contributed by atoms with van der Waals surface area (Å²) in [6.45, 7) is 1.94. The number of pyridine rings is 1. The molecule has 80 valence electrons. The van der Waals surface area contributed by atoms with Crippen LogP contribution >= 0.6 is 11.6 Å². The van der Waals surface area contributed by atoms with Crippen molar-refractivity contribution in [3.05, 3.63) is 34.6 Å². The van der Waals surface area contributed by atoms with Crippen molar-refractivity contribution in [2.45, 2.75) is 13.3 Å². The van der Waals surface area contributed by atoms with Crippen molar-refractivity contribution in [2.75, 3.05) is 7.11 Å². The largest absolute Gasteiger partial charge is 0.469 e. The summed E-state index contributed by atoms with van der Waals surface area (Å²) in [7, 11) is 1.37. The van der Waals surface area contributed by atoms with E-state index in [2.05, 4.69) is 9.72 Å². The minimum atomic E-state index is -0.258. The second-order valence-corrected chi connectivity index (χ2v) is 3.43. The Morgan fingerprint density at radius 1 is 1.67 bits per heavy atom. The van der Waals surface area contributed by atoms with Crippen LogP contribution in [0.25, 0.3) is 6.08 Å². The van der Waals surface area contributed by atoms with Gasteiger partial charge in [0.25, 0.3) is 0 Å². The Hall–Kier alpha value is -1.35. The third kappa shape index (κ3) is 3.72. The van der Waals surface area contributed by atoms with Crippen LogP contribution < -0.4 is 0 Å². The van der Waals surface area contributed by atoms with Gasteiger partial charge in [0.05, 0.1) is 13.5 Å². The first-order valence-electron chi connectivity index (χ1n) is 4.49. The predicted octanol–water partition coefficient (Wildman–Crippen LogP) is 2.62. The number of esters is 1. The van der Waals surface area contributed by atoms with Crippen molar-refractivity contribution in [1.82, 2.24) is 4.98 Å². The van der Waals surface area contributed by atoms with Crippen LogP contribution in [0.4, 0.5) is 0 Å². The van der Waals surface area contributed by atoms with Crippen molar-refractivity contribution in [2.24, 2.45) is 0 Å². The number of carbonyl (C=O) groups is 1. The van der Waals surface area contributed by atoms with Gasteiger partial charge in [0.15, 0.2) is 0 Å². The fraction of sp³-hybridized carbons (Fsp3) is 0.273. The lowest BCUT2D eigenvalue weighted by atomic mass is 10.1. The minimum Gasteiger partial charge on any atom is -0.469 e. The molecule has 0 spiro atoms. The van der Waals surface area contributed by atoms with Gasteiger partial charge in [0.2, 0.25) is 0 Å². The summed E-state index contributed by atoms with van der Waals surface area (Å²) in [5, 5.41) is 0.470. The number of ether oxygens (including phenoxy) is 1. The highest BCUT2D eigenvalue weighted by atomic mass is 35.5. The third-order valence-corrected chi connectivity index (χ3v) is 2.13. The number of rotatable bonds is 3. The average molecular weight is 226 g/mol. The standard InChI is InChI=1S/C11H12ClNO2/c1-8-6-10(12)13-7-9(8)4-3-5-11(14)15-2/h3-4,6-7H,5H2,1-2H3. The summed E-state index contributed by atoms with van der Waals surface area (Å²) in [5.41, 5.74) is 1.97. The molecule has 0 aliphatic heterocycles. The number of carbonyl (C=O) groups excluding carboxylic acids is 1. The second-order valence-electron chi connectivity index (χ2n) is 3.05. The van der Waals surface area contributed by atoms with Crippen LogP contribution in [-0.4, -0.2) is 18.1 Å². The third-order valence-electron chi connectivity index (χ3n) is 1.93. The van der Waals surface area contributed by atoms with E-state index in [1.165, 1.54) is 7.11 Å². The number of aryl methyl sites for hydroxylation is 1. The molecule has 0 saturated heterocycles. The number of hydrogen-bond donors (Lipinski definition) is 0. The molecule has 0 aromatic carbocycles. The maximum Gasteiger partial charge on any atom is 0.309 e. The van der Waals surface area contributed by atoms with E-state index in [1.807, 2.05) is 13.0 Å². The summed E-state index contributed by atoms with van der Waals surface area (Å²) < 4.78 is 4.51. The Labute approximate surface area is 93.7 Å². The molecule has 0 unspecified atom stereocenters. The molecular weight excluding hydrogens is 214 g/mol. The van der Waals surface area contributed by atoms with Gasteiger partial charge in [-0.05, 0) is 24.1 Å². The van der Waals surface area contributed by atoms with Crippen molar-refractivity contribution in [1.29, 1.82) is 0 Å². The lowest BCUT2D eigenvalue weighted by Gasteiger charge is -1.99. The number of halogens is 1. The van der Waals surface area contributed by atoms with Crippen LogP contribution in [0, 0.1) is 6.92 Å². The second kappa shape index (κ2) is 5.51. The van der Waals surface area contributed by atoms with E-state index in [0.717, 1.165) is 11.1 Å². The molecule has 4 heteroatoms. The minimum absolute atomic E-state index is 0.258. The van der Waals surface area contributed by atoms with Gasteiger partial charge in [-0.15, -0.1) is 0 Å². The Morgan fingerprint density at radius 3 is 3.00 bits per heavy atom. The highest BCUT2D eigenvalue weighted by Crippen LogP contribution is 2.13. The molecule has 3 nitrogen and oxygen atoms in total. The molecule has 0 radical (unpaired) electrons. The zero-order chi connectivity index (χ0) is 11.3. The number of hydrogen-bond acceptors (Lipinski definition) is 3. The zero-order valence-electron chi connectivity index (χ0n) is 8.66. The van der Waals surface area contributed by atoms with Crippen LogP contribution in [0.3, 0.4) is 0 Å². The molecule has 0 aliphatic rings. The van der Waals surface area contributed by atoms with Gasteiger partial charge < -0.3 is 4.74 Å². The SMILES string of the molecule is COC(=O)CC=Cc1cnc(Cl)cc1C. The monoisotopic (exact) mass is 225 g/mol. The van der Waals surface area contributed by atoms with E-state index in [0.29, 0.717) is 5.15 Å². The van der Waals surface area contributed by atoms with E-state index < -0.39 is 0 Å². The Bertz CT molecular complexity index is 388. The number of aromatic nitrogens is 1. The molecule has 0 aliphatic carbocycles. The van der Waals surface area contributed by atoms with Crippen LogP contribution in [0.1, 0.15) is 17.5 Å². The molecule has 0 atom stereocenters. The van der Waals surface area contributed by atoms with E-state index in [1.54, 1.807) is 18.3 Å². The molecule has 0 saturated carbocycles. The van der Waals surface area contributed by atoms with E-state index in [9.17, 15) is 4.79 Å². The van der Waals surface area contributed by atoms with E-state index in [4.69, 9.17) is 11.6 Å². The molecule has 1 heterocycles. The molecule has 1 rings (SSSR count). The molecule has 0 N–H and O–H groups in total. The maximum absolute atomic E-state index is 10.8. The highest BCUT2D eigenvalue weighted by molar-refractivity contribution is 6.29. The summed E-state index contributed by atoms with van der Waals surface area (Å²) in [6, 6.07) is 1.78. The lowest BCUT2D eigenvalue weighted by molar-refractivity contribution is -0.139. The molecule has 0 amide bonds. The van der Waals surface area contributed by atoms with Crippen molar-refractivity contribution in [3.63, 3.8) is 0 Å². The zero-order valence-corrected chi connectivity index (χ0v) is 9.41. The summed E-state index contributed by atoms with van der Waals surface area (Å²) in [4.78, 5) is 14.8. The van der Waals surface area contributed by atoms with Crippen molar-refractivity contribution < 1.29 is 9.53 Å². The van der Waals surface area contributed by atoms with Crippen LogP contribution in [0.2, 0.25) is 5.15 Å².